The molecule has 0 aromatic rings. The SMILES string of the molecule is CC(C)NC(C)(CO)CCCN1CCCC1C. The molecule has 0 bridgehead atoms. The van der Waals surface area contributed by atoms with Crippen molar-refractivity contribution in [1.82, 2.24) is 10.2 Å². The molecule has 1 saturated heterocycles. The second-order valence-electron chi connectivity index (χ2n) is 6.15. The molecule has 0 spiro atoms. The topological polar surface area (TPSA) is 35.5 Å². The van der Waals surface area contributed by atoms with E-state index >= 15 is 0 Å². The van der Waals surface area contributed by atoms with E-state index in [9.17, 15) is 5.11 Å². The van der Waals surface area contributed by atoms with Crippen LogP contribution < -0.4 is 5.32 Å². The summed E-state index contributed by atoms with van der Waals surface area (Å²) in [5, 5.41) is 13.0. The van der Waals surface area contributed by atoms with Crippen molar-refractivity contribution in [1.29, 1.82) is 0 Å². The molecule has 3 nitrogen and oxygen atoms in total. The number of hydrogen-bond donors (Lipinski definition) is 2. The Morgan fingerprint density at radius 3 is 2.65 bits per heavy atom. The third-order valence-corrected chi connectivity index (χ3v) is 3.85. The van der Waals surface area contributed by atoms with Crippen LogP contribution in [0, 0.1) is 0 Å². The van der Waals surface area contributed by atoms with Gasteiger partial charge in [-0.15, -0.1) is 0 Å². The molecule has 2 unspecified atom stereocenters. The lowest BCUT2D eigenvalue weighted by atomic mass is 9.95. The Balaban J connectivity index is 2.27. The summed E-state index contributed by atoms with van der Waals surface area (Å²) in [4.78, 5) is 2.58. The van der Waals surface area contributed by atoms with Crippen LogP contribution in [0.1, 0.15) is 53.4 Å². The minimum absolute atomic E-state index is 0.114. The van der Waals surface area contributed by atoms with Crippen molar-refractivity contribution in [3.63, 3.8) is 0 Å². The van der Waals surface area contributed by atoms with Crippen LogP contribution in [0.5, 0.6) is 0 Å². The Kier molecular flexibility index (Phi) is 5.90. The van der Waals surface area contributed by atoms with Gasteiger partial charge in [0.2, 0.25) is 0 Å². The van der Waals surface area contributed by atoms with Gasteiger partial charge in [0, 0.05) is 17.6 Å². The number of aliphatic hydroxyl groups is 1. The summed E-state index contributed by atoms with van der Waals surface area (Å²) in [6, 6.07) is 1.19. The maximum atomic E-state index is 9.50. The van der Waals surface area contributed by atoms with E-state index < -0.39 is 0 Å². The van der Waals surface area contributed by atoms with Gasteiger partial charge in [-0.1, -0.05) is 13.8 Å². The first-order valence-corrected chi connectivity index (χ1v) is 7.09. The summed E-state index contributed by atoms with van der Waals surface area (Å²) in [6.45, 7) is 11.4. The fourth-order valence-electron chi connectivity index (χ4n) is 2.89. The van der Waals surface area contributed by atoms with E-state index in [2.05, 4.69) is 37.9 Å². The summed E-state index contributed by atoms with van der Waals surface area (Å²) >= 11 is 0. The Bertz CT molecular complexity index is 220. The largest absolute Gasteiger partial charge is 0.394 e. The van der Waals surface area contributed by atoms with Crippen LogP contribution in [0.2, 0.25) is 0 Å². The second-order valence-corrected chi connectivity index (χ2v) is 6.15. The minimum Gasteiger partial charge on any atom is -0.394 e. The van der Waals surface area contributed by atoms with E-state index in [1.807, 2.05) is 0 Å². The van der Waals surface area contributed by atoms with E-state index in [0.717, 1.165) is 12.5 Å². The van der Waals surface area contributed by atoms with Crippen LogP contribution in [0.4, 0.5) is 0 Å². The monoisotopic (exact) mass is 242 g/mol. The average molecular weight is 242 g/mol. The molecule has 1 aliphatic rings. The molecule has 102 valence electrons. The third-order valence-electron chi connectivity index (χ3n) is 3.85. The van der Waals surface area contributed by atoms with Crippen LogP contribution in [0.3, 0.4) is 0 Å². The van der Waals surface area contributed by atoms with Gasteiger partial charge < -0.3 is 15.3 Å². The summed E-state index contributed by atoms with van der Waals surface area (Å²) < 4.78 is 0. The molecule has 1 rings (SSSR count). The lowest BCUT2D eigenvalue weighted by Gasteiger charge is -2.32. The van der Waals surface area contributed by atoms with Crippen molar-refractivity contribution < 1.29 is 5.11 Å². The van der Waals surface area contributed by atoms with E-state index in [1.165, 1.54) is 32.4 Å². The van der Waals surface area contributed by atoms with Crippen LogP contribution >= 0.6 is 0 Å². The fraction of sp³-hybridized carbons (Fsp3) is 1.00. The van der Waals surface area contributed by atoms with Gasteiger partial charge in [0.15, 0.2) is 0 Å². The predicted octanol–water partition coefficient (Wildman–Crippen LogP) is 2.00. The van der Waals surface area contributed by atoms with Crippen LogP contribution in [0.25, 0.3) is 0 Å². The van der Waals surface area contributed by atoms with E-state index in [0.29, 0.717) is 6.04 Å². The molecule has 3 heteroatoms. The summed E-state index contributed by atoms with van der Waals surface area (Å²) in [5.41, 5.74) is -0.114. The molecule has 0 amide bonds. The molecule has 0 aliphatic carbocycles. The molecule has 2 atom stereocenters. The maximum absolute atomic E-state index is 9.50. The van der Waals surface area contributed by atoms with Gasteiger partial charge in [0.1, 0.15) is 0 Å². The number of aliphatic hydroxyl groups excluding tert-OH is 1. The number of likely N-dealkylation sites (tertiary alicyclic amines) is 1. The van der Waals surface area contributed by atoms with Gasteiger partial charge in [-0.3, -0.25) is 0 Å². The molecular weight excluding hydrogens is 212 g/mol. The molecule has 2 N–H and O–H groups in total. The number of nitrogens with zero attached hydrogens (tertiary/aromatic N) is 1. The van der Waals surface area contributed by atoms with Crippen molar-refractivity contribution in [2.24, 2.45) is 0 Å². The van der Waals surface area contributed by atoms with Crippen molar-refractivity contribution in [2.45, 2.75) is 71.0 Å². The molecule has 17 heavy (non-hydrogen) atoms. The summed E-state index contributed by atoms with van der Waals surface area (Å²) in [6.07, 6.45) is 4.91. The molecule has 1 aliphatic heterocycles. The van der Waals surface area contributed by atoms with E-state index in [-0.39, 0.29) is 12.1 Å². The van der Waals surface area contributed by atoms with E-state index in [4.69, 9.17) is 0 Å². The summed E-state index contributed by atoms with van der Waals surface area (Å²) in [7, 11) is 0. The van der Waals surface area contributed by atoms with Crippen molar-refractivity contribution in [3.8, 4) is 0 Å². The quantitative estimate of drug-likeness (QED) is 0.717. The lowest BCUT2D eigenvalue weighted by molar-refractivity contribution is 0.147. The van der Waals surface area contributed by atoms with Crippen molar-refractivity contribution in [3.05, 3.63) is 0 Å². The third kappa shape index (κ3) is 4.94. The molecule has 1 heterocycles. The lowest BCUT2D eigenvalue weighted by Crippen LogP contribution is -2.49. The van der Waals surface area contributed by atoms with E-state index in [1.54, 1.807) is 0 Å². The minimum atomic E-state index is -0.114. The normalized spacial score (nSPS) is 25.4. The van der Waals surface area contributed by atoms with Gasteiger partial charge in [-0.2, -0.15) is 0 Å². The highest BCUT2D eigenvalue weighted by Crippen LogP contribution is 2.19. The van der Waals surface area contributed by atoms with Crippen molar-refractivity contribution >= 4 is 0 Å². The predicted molar refractivity (Wildman–Crippen MR) is 73.3 cm³/mol. The fourth-order valence-corrected chi connectivity index (χ4v) is 2.89. The van der Waals surface area contributed by atoms with Crippen LogP contribution in [-0.4, -0.2) is 47.3 Å². The summed E-state index contributed by atoms with van der Waals surface area (Å²) in [5.74, 6) is 0. The van der Waals surface area contributed by atoms with Gasteiger partial charge in [0.05, 0.1) is 6.61 Å². The zero-order chi connectivity index (χ0) is 12.9. The van der Waals surface area contributed by atoms with Gasteiger partial charge in [-0.05, 0) is 52.6 Å². The Morgan fingerprint density at radius 2 is 2.18 bits per heavy atom. The highest BCUT2D eigenvalue weighted by Gasteiger charge is 2.25. The highest BCUT2D eigenvalue weighted by molar-refractivity contribution is 4.85. The first-order valence-electron chi connectivity index (χ1n) is 7.09. The van der Waals surface area contributed by atoms with Gasteiger partial charge >= 0.3 is 0 Å². The van der Waals surface area contributed by atoms with Crippen molar-refractivity contribution in [2.75, 3.05) is 19.7 Å². The molecule has 0 aromatic carbocycles. The highest BCUT2D eigenvalue weighted by atomic mass is 16.3. The average Bonchev–Trinajstić information content (AvgIpc) is 2.63. The first-order chi connectivity index (χ1) is 7.97. The molecule has 0 aromatic heterocycles. The first kappa shape index (κ1) is 14.9. The Labute approximate surface area is 107 Å². The number of rotatable bonds is 7. The smallest absolute Gasteiger partial charge is 0.0610 e. The Morgan fingerprint density at radius 1 is 1.47 bits per heavy atom. The van der Waals surface area contributed by atoms with Crippen LogP contribution in [0.15, 0.2) is 0 Å². The van der Waals surface area contributed by atoms with Crippen LogP contribution in [-0.2, 0) is 0 Å². The number of nitrogens with one attached hydrogen (secondary N) is 1. The van der Waals surface area contributed by atoms with Gasteiger partial charge in [-0.25, -0.2) is 0 Å². The molecule has 0 radical (unpaired) electrons. The molecular formula is C14H30N2O. The maximum Gasteiger partial charge on any atom is 0.0610 e. The zero-order valence-electron chi connectivity index (χ0n) is 12.0. The standard InChI is InChI=1S/C14H30N2O/c1-12(2)15-14(4,11-17)8-6-10-16-9-5-7-13(16)3/h12-13,15,17H,5-11H2,1-4H3. The second kappa shape index (κ2) is 6.72. The Hall–Kier alpha value is -0.120. The zero-order valence-corrected chi connectivity index (χ0v) is 12.0. The molecule has 0 saturated carbocycles. The molecule has 1 fully saturated rings. The van der Waals surface area contributed by atoms with Gasteiger partial charge in [0.25, 0.3) is 0 Å². The number of hydrogen-bond acceptors (Lipinski definition) is 3.